The molecule has 6 heteroatoms. The highest BCUT2D eigenvalue weighted by Gasteiger charge is 2.12. The summed E-state index contributed by atoms with van der Waals surface area (Å²) in [7, 11) is 4.09. The van der Waals surface area contributed by atoms with E-state index in [2.05, 4.69) is 25.7 Å². The van der Waals surface area contributed by atoms with Crippen LogP contribution in [0.25, 0.3) is 0 Å². The van der Waals surface area contributed by atoms with Crippen LogP contribution in [0.4, 0.5) is 5.69 Å². The fourth-order valence-corrected chi connectivity index (χ4v) is 2.30. The molecule has 1 aromatic heterocycles. The lowest BCUT2D eigenvalue weighted by Crippen LogP contribution is -2.25. The van der Waals surface area contributed by atoms with Gasteiger partial charge < -0.3 is 15.5 Å². The van der Waals surface area contributed by atoms with Crippen LogP contribution in [0.1, 0.15) is 28.5 Å². The lowest BCUT2D eigenvalue weighted by Gasteiger charge is -2.15. The number of nitrogens with zero attached hydrogens (tertiary/aromatic N) is 2. The number of nitrogens with one attached hydrogen (secondary N) is 3. The number of rotatable bonds is 8. The highest BCUT2D eigenvalue weighted by molar-refractivity contribution is 5.93. The molecule has 124 valence electrons. The quantitative estimate of drug-likeness (QED) is 0.695. The number of carbonyl (C=O) groups excluding carboxylic acids is 1. The number of para-hydroxylation sites is 1. The normalized spacial score (nSPS) is 10.8. The average molecular weight is 315 g/mol. The van der Waals surface area contributed by atoms with E-state index in [-0.39, 0.29) is 5.91 Å². The van der Waals surface area contributed by atoms with Crippen LogP contribution in [-0.2, 0) is 13.0 Å². The Morgan fingerprint density at radius 2 is 2.04 bits per heavy atom. The first-order chi connectivity index (χ1) is 11.1. The highest BCUT2D eigenvalue weighted by Crippen LogP contribution is 2.15. The molecule has 0 spiro atoms. The summed E-state index contributed by atoms with van der Waals surface area (Å²) in [5, 5.41) is 13.1. The summed E-state index contributed by atoms with van der Waals surface area (Å²) in [6.07, 6.45) is 2.48. The Labute approximate surface area is 137 Å². The summed E-state index contributed by atoms with van der Waals surface area (Å²) in [5.41, 5.74) is 3.59. The van der Waals surface area contributed by atoms with Crippen LogP contribution in [0.5, 0.6) is 0 Å². The van der Waals surface area contributed by atoms with Crippen LogP contribution in [0.15, 0.2) is 30.5 Å². The van der Waals surface area contributed by atoms with Crippen LogP contribution in [0.3, 0.4) is 0 Å². The standard InChI is InChI=1S/C17H25N5O/c1-4-13-12-20-21-16(13)17(23)19-11-14-7-5-6-8-15(14)18-9-10-22(2)3/h5-8,12,18H,4,9-11H2,1-3H3,(H,19,23)(H,20,21). The first-order valence-corrected chi connectivity index (χ1v) is 7.88. The van der Waals surface area contributed by atoms with Crippen molar-refractivity contribution >= 4 is 11.6 Å². The van der Waals surface area contributed by atoms with Crippen molar-refractivity contribution in [3.63, 3.8) is 0 Å². The van der Waals surface area contributed by atoms with E-state index in [1.54, 1.807) is 6.20 Å². The van der Waals surface area contributed by atoms with Gasteiger partial charge in [0.2, 0.25) is 0 Å². The molecular weight excluding hydrogens is 290 g/mol. The maximum Gasteiger partial charge on any atom is 0.269 e. The molecule has 1 aromatic carbocycles. The lowest BCUT2D eigenvalue weighted by atomic mass is 10.1. The van der Waals surface area contributed by atoms with Crippen LogP contribution < -0.4 is 10.6 Å². The van der Waals surface area contributed by atoms with Gasteiger partial charge in [-0.3, -0.25) is 9.89 Å². The third kappa shape index (κ3) is 4.82. The third-order valence-corrected chi connectivity index (χ3v) is 3.66. The zero-order chi connectivity index (χ0) is 16.7. The van der Waals surface area contributed by atoms with E-state index in [0.29, 0.717) is 12.2 Å². The first kappa shape index (κ1) is 17.0. The first-order valence-electron chi connectivity index (χ1n) is 7.88. The van der Waals surface area contributed by atoms with Gasteiger partial charge in [-0.05, 0) is 32.1 Å². The van der Waals surface area contributed by atoms with Crippen LogP contribution in [0.2, 0.25) is 0 Å². The molecule has 0 aliphatic heterocycles. The Bertz CT molecular complexity index is 635. The summed E-state index contributed by atoms with van der Waals surface area (Å²) >= 11 is 0. The molecule has 0 aliphatic rings. The molecule has 1 heterocycles. The number of hydrogen-bond acceptors (Lipinski definition) is 4. The van der Waals surface area contributed by atoms with E-state index in [1.807, 2.05) is 45.3 Å². The van der Waals surface area contributed by atoms with Gasteiger partial charge in [-0.1, -0.05) is 25.1 Å². The largest absolute Gasteiger partial charge is 0.383 e. The summed E-state index contributed by atoms with van der Waals surface area (Å²) in [5.74, 6) is -0.123. The number of benzene rings is 1. The van der Waals surface area contributed by atoms with Gasteiger partial charge in [0, 0.05) is 30.9 Å². The Balaban J connectivity index is 1.96. The Kier molecular flexibility index (Phi) is 6.17. The van der Waals surface area contributed by atoms with Gasteiger partial charge in [-0.15, -0.1) is 0 Å². The SMILES string of the molecule is CCc1cn[nH]c1C(=O)NCc1ccccc1NCCN(C)C. The molecule has 6 nitrogen and oxygen atoms in total. The second kappa shape index (κ2) is 8.33. The molecule has 2 aromatic rings. The van der Waals surface area contributed by atoms with Crippen molar-refractivity contribution in [3.05, 3.63) is 47.3 Å². The van der Waals surface area contributed by atoms with E-state index >= 15 is 0 Å². The number of aryl methyl sites for hydroxylation is 1. The second-order valence-electron chi connectivity index (χ2n) is 5.69. The topological polar surface area (TPSA) is 73.0 Å². The maximum absolute atomic E-state index is 12.3. The van der Waals surface area contributed by atoms with Gasteiger partial charge in [-0.2, -0.15) is 5.10 Å². The fourth-order valence-electron chi connectivity index (χ4n) is 2.30. The molecule has 23 heavy (non-hydrogen) atoms. The van der Waals surface area contributed by atoms with Crippen molar-refractivity contribution in [2.75, 3.05) is 32.5 Å². The van der Waals surface area contributed by atoms with E-state index < -0.39 is 0 Å². The minimum absolute atomic E-state index is 0.123. The molecule has 0 unspecified atom stereocenters. The van der Waals surface area contributed by atoms with Crippen LogP contribution in [-0.4, -0.2) is 48.2 Å². The number of carbonyl (C=O) groups is 1. The predicted octanol–water partition coefficient (Wildman–Crippen LogP) is 1.88. The number of hydrogen-bond donors (Lipinski definition) is 3. The lowest BCUT2D eigenvalue weighted by molar-refractivity contribution is 0.0945. The average Bonchev–Trinajstić information content (AvgIpc) is 3.02. The molecule has 0 atom stereocenters. The minimum Gasteiger partial charge on any atom is -0.383 e. The van der Waals surface area contributed by atoms with Crippen molar-refractivity contribution in [2.24, 2.45) is 0 Å². The Morgan fingerprint density at radius 3 is 2.78 bits per heavy atom. The summed E-state index contributed by atoms with van der Waals surface area (Å²) in [6, 6.07) is 8.02. The summed E-state index contributed by atoms with van der Waals surface area (Å²) < 4.78 is 0. The number of anilines is 1. The Hall–Kier alpha value is -2.34. The molecule has 0 aliphatic carbocycles. The zero-order valence-corrected chi connectivity index (χ0v) is 14.0. The van der Waals surface area contributed by atoms with Gasteiger partial charge in [0.15, 0.2) is 0 Å². The molecule has 0 fully saturated rings. The van der Waals surface area contributed by atoms with Crippen molar-refractivity contribution in [3.8, 4) is 0 Å². The fraction of sp³-hybridized carbons (Fsp3) is 0.412. The zero-order valence-electron chi connectivity index (χ0n) is 14.0. The van der Waals surface area contributed by atoms with E-state index in [1.165, 1.54) is 0 Å². The number of aromatic nitrogens is 2. The molecule has 0 radical (unpaired) electrons. The second-order valence-corrected chi connectivity index (χ2v) is 5.69. The number of likely N-dealkylation sites (N-methyl/N-ethyl adjacent to an activating group) is 1. The van der Waals surface area contributed by atoms with Crippen molar-refractivity contribution in [1.82, 2.24) is 20.4 Å². The van der Waals surface area contributed by atoms with Gasteiger partial charge in [0.25, 0.3) is 5.91 Å². The number of H-pyrrole nitrogens is 1. The monoisotopic (exact) mass is 315 g/mol. The van der Waals surface area contributed by atoms with E-state index in [0.717, 1.165) is 36.3 Å². The highest BCUT2D eigenvalue weighted by atomic mass is 16.1. The number of aromatic amines is 1. The molecule has 1 amide bonds. The molecule has 0 saturated carbocycles. The van der Waals surface area contributed by atoms with Gasteiger partial charge in [0.05, 0.1) is 6.20 Å². The van der Waals surface area contributed by atoms with E-state index in [4.69, 9.17) is 0 Å². The van der Waals surface area contributed by atoms with Crippen molar-refractivity contribution < 1.29 is 4.79 Å². The summed E-state index contributed by atoms with van der Waals surface area (Å²) in [4.78, 5) is 14.4. The molecule has 2 rings (SSSR count). The van der Waals surface area contributed by atoms with E-state index in [9.17, 15) is 4.79 Å². The smallest absolute Gasteiger partial charge is 0.269 e. The van der Waals surface area contributed by atoms with Gasteiger partial charge in [-0.25, -0.2) is 0 Å². The van der Waals surface area contributed by atoms with Crippen molar-refractivity contribution in [1.29, 1.82) is 0 Å². The molecule has 3 N–H and O–H groups in total. The maximum atomic E-state index is 12.3. The van der Waals surface area contributed by atoms with Crippen molar-refractivity contribution in [2.45, 2.75) is 19.9 Å². The van der Waals surface area contributed by atoms with Crippen LogP contribution in [0, 0.1) is 0 Å². The molecular formula is C17H25N5O. The third-order valence-electron chi connectivity index (χ3n) is 3.66. The van der Waals surface area contributed by atoms with Gasteiger partial charge >= 0.3 is 0 Å². The minimum atomic E-state index is -0.123. The van der Waals surface area contributed by atoms with Gasteiger partial charge in [0.1, 0.15) is 5.69 Å². The number of amides is 1. The van der Waals surface area contributed by atoms with Crippen LogP contribution >= 0.6 is 0 Å². The predicted molar refractivity (Wildman–Crippen MR) is 92.6 cm³/mol. The molecule has 0 saturated heterocycles. The Morgan fingerprint density at radius 1 is 1.26 bits per heavy atom. The summed E-state index contributed by atoms with van der Waals surface area (Å²) in [6.45, 7) is 4.30. The molecule has 0 bridgehead atoms.